The normalized spacial score (nSPS) is 10.9. The highest BCUT2D eigenvalue weighted by atomic mass is 32.0. The van der Waals surface area contributed by atoms with Crippen molar-refractivity contribution in [2.75, 3.05) is 64.2 Å². The molecule has 0 fully saturated rings. The maximum absolute atomic E-state index is 12.4. The summed E-state index contributed by atoms with van der Waals surface area (Å²) < 4.78 is 10.8. The van der Waals surface area contributed by atoms with Crippen molar-refractivity contribution in [3.63, 3.8) is 0 Å². The SMILES string of the molecule is CCN(CCNC(=O)c1ccc(NP)cc1)C(=O)CCC(=O)NCCOCCOCCNPP. The molecular formula is C21H38N5O5P3. The minimum absolute atomic E-state index is 0.115. The van der Waals surface area contributed by atoms with Gasteiger partial charge in [-0.05, 0) is 49.0 Å². The lowest BCUT2D eigenvalue weighted by Crippen LogP contribution is -2.39. The lowest BCUT2D eigenvalue weighted by atomic mass is 10.2. The molecule has 0 aliphatic heterocycles. The van der Waals surface area contributed by atoms with E-state index in [0.717, 1.165) is 12.2 Å². The van der Waals surface area contributed by atoms with Gasteiger partial charge in [0.1, 0.15) is 0 Å². The molecular weight excluding hydrogens is 495 g/mol. The van der Waals surface area contributed by atoms with Crippen molar-refractivity contribution in [3.05, 3.63) is 29.8 Å². The van der Waals surface area contributed by atoms with Gasteiger partial charge in [0, 0.05) is 56.8 Å². The van der Waals surface area contributed by atoms with Crippen molar-refractivity contribution < 1.29 is 23.9 Å². The first-order valence-corrected chi connectivity index (χ1v) is 14.6. The number of nitrogens with one attached hydrogen (secondary N) is 4. The zero-order valence-corrected chi connectivity index (χ0v) is 23.0. The van der Waals surface area contributed by atoms with E-state index in [2.05, 4.69) is 39.1 Å². The molecule has 1 rings (SSSR count). The fraction of sp³-hybridized carbons (Fsp3) is 0.571. The van der Waals surface area contributed by atoms with Crippen molar-refractivity contribution in [1.82, 2.24) is 20.6 Å². The van der Waals surface area contributed by atoms with Crippen molar-refractivity contribution in [2.24, 2.45) is 0 Å². The van der Waals surface area contributed by atoms with Crippen molar-refractivity contribution in [3.8, 4) is 0 Å². The van der Waals surface area contributed by atoms with Crippen LogP contribution in [-0.2, 0) is 19.1 Å². The molecule has 0 aliphatic rings. The van der Waals surface area contributed by atoms with Gasteiger partial charge in [-0.1, -0.05) is 8.93 Å². The Kier molecular flexibility index (Phi) is 17.9. The summed E-state index contributed by atoms with van der Waals surface area (Å²) in [5.74, 6) is -0.502. The molecule has 0 bridgehead atoms. The standard InChI is InChI=1S/C21H38N5O5P3/c1-2-26(12-9-23-21(29)17-3-5-18(25-32)6-4-17)20(28)8-7-19(27)22-10-13-30-15-16-31-14-11-24-34-33/h3-6,24-25,34H,2,7-16,32-33H2,1H3,(H,22,27)(H,23,29). The zero-order valence-electron chi connectivity index (χ0n) is 19.7. The summed E-state index contributed by atoms with van der Waals surface area (Å²) in [4.78, 5) is 38.2. The van der Waals surface area contributed by atoms with Gasteiger partial charge in [-0.15, -0.1) is 0 Å². The first-order chi connectivity index (χ1) is 16.5. The number of likely N-dealkylation sites (N-methyl/N-ethyl adjacent to an activating group) is 1. The molecule has 192 valence electrons. The number of carbonyl (C=O) groups excluding carboxylic acids is 3. The highest BCUT2D eigenvalue weighted by molar-refractivity contribution is 8.01. The summed E-state index contributed by atoms with van der Waals surface area (Å²) in [6, 6.07) is 7.08. The van der Waals surface area contributed by atoms with Crippen LogP contribution in [0.15, 0.2) is 24.3 Å². The molecule has 1 aromatic carbocycles. The molecule has 0 spiro atoms. The van der Waals surface area contributed by atoms with E-state index in [1.807, 2.05) is 19.1 Å². The predicted octanol–water partition coefficient (Wildman–Crippen LogP) is 1.37. The molecule has 0 saturated heterocycles. The van der Waals surface area contributed by atoms with Crippen LogP contribution in [0.2, 0.25) is 0 Å². The summed E-state index contributed by atoms with van der Waals surface area (Å²) >= 11 is 0. The van der Waals surface area contributed by atoms with Crippen LogP contribution in [-0.4, -0.2) is 81.8 Å². The molecule has 0 aliphatic carbocycles. The highest BCUT2D eigenvalue weighted by Gasteiger charge is 2.14. The molecule has 0 aromatic heterocycles. The molecule has 4 N–H and O–H groups in total. The molecule has 13 heteroatoms. The molecule has 10 nitrogen and oxygen atoms in total. The first kappa shape index (κ1) is 30.6. The van der Waals surface area contributed by atoms with E-state index in [0.29, 0.717) is 66.6 Å². The minimum atomic E-state index is -0.194. The van der Waals surface area contributed by atoms with E-state index < -0.39 is 0 Å². The molecule has 0 saturated carbocycles. The Bertz CT molecular complexity index is 727. The molecule has 3 amide bonds. The minimum Gasteiger partial charge on any atom is -0.378 e. The van der Waals surface area contributed by atoms with E-state index in [-0.39, 0.29) is 30.6 Å². The second kappa shape index (κ2) is 19.9. The lowest BCUT2D eigenvalue weighted by Gasteiger charge is -2.21. The van der Waals surface area contributed by atoms with E-state index in [4.69, 9.17) is 9.47 Å². The third-order valence-electron chi connectivity index (χ3n) is 4.70. The second-order valence-electron chi connectivity index (χ2n) is 7.10. The molecule has 1 aromatic rings. The number of anilines is 1. The second-order valence-corrected chi connectivity index (χ2v) is 8.89. The number of carbonyl (C=O) groups is 3. The van der Waals surface area contributed by atoms with E-state index in [1.165, 1.54) is 0 Å². The zero-order chi connectivity index (χ0) is 25.0. The lowest BCUT2D eigenvalue weighted by molar-refractivity contribution is -0.133. The summed E-state index contributed by atoms with van der Waals surface area (Å²) in [5.41, 5.74) is 1.44. The molecule has 0 heterocycles. The Morgan fingerprint density at radius 3 is 2.24 bits per heavy atom. The van der Waals surface area contributed by atoms with Gasteiger partial charge >= 0.3 is 0 Å². The van der Waals surface area contributed by atoms with Crippen molar-refractivity contribution in [2.45, 2.75) is 19.8 Å². The number of hydrogen-bond acceptors (Lipinski definition) is 7. The molecule has 34 heavy (non-hydrogen) atoms. The monoisotopic (exact) mass is 533 g/mol. The van der Waals surface area contributed by atoms with Gasteiger partial charge in [0.05, 0.1) is 26.4 Å². The van der Waals surface area contributed by atoms with E-state index in [9.17, 15) is 14.4 Å². The van der Waals surface area contributed by atoms with Crippen molar-refractivity contribution >= 4 is 50.1 Å². The smallest absolute Gasteiger partial charge is 0.251 e. The third kappa shape index (κ3) is 14.1. The average Bonchev–Trinajstić information content (AvgIpc) is 2.86. The van der Waals surface area contributed by atoms with E-state index >= 15 is 0 Å². The fourth-order valence-electron chi connectivity index (χ4n) is 2.83. The Hall–Kier alpha value is -1.40. The largest absolute Gasteiger partial charge is 0.378 e. The Morgan fingerprint density at radius 1 is 0.941 bits per heavy atom. The maximum atomic E-state index is 12.4. The number of benzene rings is 1. The summed E-state index contributed by atoms with van der Waals surface area (Å²) in [6.07, 6.45) is 0.237. The van der Waals surface area contributed by atoms with Gasteiger partial charge in [0.25, 0.3) is 5.91 Å². The van der Waals surface area contributed by atoms with Crippen LogP contribution in [0.25, 0.3) is 0 Å². The topological polar surface area (TPSA) is 121 Å². The molecule has 3 atom stereocenters. The van der Waals surface area contributed by atoms with Gasteiger partial charge in [-0.3, -0.25) is 19.5 Å². The Labute approximate surface area is 208 Å². The van der Waals surface area contributed by atoms with Gasteiger partial charge in [-0.25, -0.2) is 0 Å². The summed E-state index contributed by atoms with van der Waals surface area (Å²) in [6.45, 7) is 6.32. The summed E-state index contributed by atoms with van der Waals surface area (Å²) in [7, 11) is 5.64. The van der Waals surface area contributed by atoms with Crippen molar-refractivity contribution in [1.29, 1.82) is 0 Å². The van der Waals surface area contributed by atoms with Crippen LogP contribution in [0.5, 0.6) is 0 Å². The van der Waals surface area contributed by atoms with Crippen LogP contribution in [0, 0.1) is 0 Å². The number of ether oxygens (including phenoxy) is 2. The number of rotatable bonds is 19. The highest BCUT2D eigenvalue weighted by Crippen LogP contribution is 2.12. The molecule has 0 radical (unpaired) electrons. The number of nitrogens with zero attached hydrogens (tertiary/aromatic N) is 1. The number of amides is 3. The first-order valence-electron chi connectivity index (χ1n) is 11.2. The van der Waals surface area contributed by atoms with Crippen LogP contribution in [0.3, 0.4) is 0 Å². The quantitative estimate of drug-likeness (QED) is 0.157. The third-order valence-corrected chi connectivity index (χ3v) is 6.10. The van der Waals surface area contributed by atoms with Crippen LogP contribution < -0.4 is 20.8 Å². The van der Waals surface area contributed by atoms with Gasteiger partial charge in [0.2, 0.25) is 11.8 Å². The number of hydrogen-bond donors (Lipinski definition) is 4. The van der Waals surface area contributed by atoms with Crippen LogP contribution in [0.1, 0.15) is 30.1 Å². The van der Waals surface area contributed by atoms with Crippen LogP contribution >= 0.6 is 26.7 Å². The maximum Gasteiger partial charge on any atom is 0.251 e. The fourth-order valence-corrected chi connectivity index (χ4v) is 3.70. The average molecular weight is 533 g/mol. The summed E-state index contributed by atoms with van der Waals surface area (Å²) in [5, 5.41) is 11.6. The molecule has 3 unspecified atom stereocenters. The predicted molar refractivity (Wildman–Crippen MR) is 144 cm³/mol. The van der Waals surface area contributed by atoms with Gasteiger partial charge in [0.15, 0.2) is 0 Å². The van der Waals surface area contributed by atoms with Gasteiger partial charge < -0.3 is 30.1 Å². The van der Waals surface area contributed by atoms with E-state index in [1.54, 1.807) is 17.0 Å². The Balaban J connectivity index is 2.13. The van der Waals surface area contributed by atoms with Crippen LogP contribution in [0.4, 0.5) is 5.69 Å². The Morgan fingerprint density at radius 2 is 1.62 bits per heavy atom. The van der Waals surface area contributed by atoms with Gasteiger partial charge in [-0.2, -0.15) is 0 Å².